The van der Waals surface area contributed by atoms with Gasteiger partial charge in [0.05, 0.1) is 12.3 Å². The zero-order valence-electron chi connectivity index (χ0n) is 7.53. The molecule has 12 heavy (non-hydrogen) atoms. The van der Waals surface area contributed by atoms with Crippen LogP contribution in [0.2, 0.25) is 0 Å². The Balaban J connectivity index is 2.41. The van der Waals surface area contributed by atoms with Crippen molar-refractivity contribution in [2.45, 2.75) is 32.8 Å². The maximum Gasteiger partial charge on any atom is 0.232 e. The molecule has 1 unspecified atom stereocenters. The van der Waals surface area contributed by atoms with E-state index in [0.29, 0.717) is 5.88 Å². The van der Waals surface area contributed by atoms with E-state index in [1.165, 1.54) is 0 Å². The molecule has 0 N–H and O–H groups in total. The van der Waals surface area contributed by atoms with Crippen molar-refractivity contribution in [1.82, 2.24) is 9.97 Å². The van der Waals surface area contributed by atoms with Gasteiger partial charge >= 0.3 is 0 Å². The molecule has 0 saturated carbocycles. The van der Waals surface area contributed by atoms with E-state index in [9.17, 15) is 0 Å². The van der Waals surface area contributed by atoms with Crippen molar-refractivity contribution in [3.63, 3.8) is 0 Å². The van der Waals surface area contributed by atoms with Crippen LogP contribution in [0.1, 0.15) is 26.7 Å². The molecule has 0 saturated heterocycles. The molecule has 0 aromatic carbocycles. The van der Waals surface area contributed by atoms with Gasteiger partial charge in [0.15, 0.2) is 0 Å². The second-order valence-electron chi connectivity index (χ2n) is 2.76. The fraction of sp³-hybridized carbons (Fsp3) is 0.556. The molecule has 66 valence electrons. The molecule has 0 aliphatic rings. The first-order valence-electron chi connectivity index (χ1n) is 4.25. The van der Waals surface area contributed by atoms with Crippen molar-refractivity contribution >= 4 is 0 Å². The Morgan fingerprint density at radius 3 is 2.92 bits per heavy atom. The summed E-state index contributed by atoms with van der Waals surface area (Å²) in [7, 11) is 0. The minimum atomic E-state index is 0.228. The van der Waals surface area contributed by atoms with Crippen molar-refractivity contribution in [2.75, 3.05) is 0 Å². The summed E-state index contributed by atoms with van der Waals surface area (Å²) >= 11 is 0. The molecule has 1 aromatic rings. The Morgan fingerprint density at radius 2 is 2.33 bits per heavy atom. The number of hydrogen-bond acceptors (Lipinski definition) is 3. The lowest BCUT2D eigenvalue weighted by molar-refractivity contribution is 0.200. The molecule has 1 aromatic heterocycles. The zero-order valence-corrected chi connectivity index (χ0v) is 7.53. The molecule has 0 aliphatic heterocycles. The van der Waals surface area contributed by atoms with Crippen LogP contribution in [-0.4, -0.2) is 16.1 Å². The predicted molar refractivity (Wildman–Crippen MR) is 47.0 cm³/mol. The van der Waals surface area contributed by atoms with E-state index in [2.05, 4.69) is 16.9 Å². The molecular weight excluding hydrogens is 152 g/mol. The van der Waals surface area contributed by atoms with Crippen LogP contribution in [-0.2, 0) is 0 Å². The molecule has 0 bridgehead atoms. The molecule has 0 fully saturated rings. The molecule has 1 rings (SSSR count). The van der Waals surface area contributed by atoms with Gasteiger partial charge in [-0.15, -0.1) is 0 Å². The monoisotopic (exact) mass is 166 g/mol. The van der Waals surface area contributed by atoms with Crippen molar-refractivity contribution < 1.29 is 4.74 Å². The lowest BCUT2D eigenvalue weighted by Crippen LogP contribution is -2.11. The topological polar surface area (TPSA) is 35.0 Å². The second-order valence-corrected chi connectivity index (χ2v) is 2.76. The summed E-state index contributed by atoms with van der Waals surface area (Å²) in [4.78, 5) is 7.93. The van der Waals surface area contributed by atoms with Crippen LogP contribution < -0.4 is 4.74 Å². The van der Waals surface area contributed by atoms with Crippen molar-refractivity contribution in [3.8, 4) is 5.88 Å². The van der Waals surface area contributed by atoms with Gasteiger partial charge in [0, 0.05) is 12.4 Å². The lowest BCUT2D eigenvalue weighted by atomic mass is 10.2. The summed E-state index contributed by atoms with van der Waals surface area (Å²) in [5, 5.41) is 0. The van der Waals surface area contributed by atoms with Crippen LogP contribution in [0.3, 0.4) is 0 Å². The first-order chi connectivity index (χ1) is 5.83. The average molecular weight is 166 g/mol. The number of hydrogen-bond donors (Lipinski definition) is 0. The van der Waals surface area contributed by atoms with E-state index < -0.39 is 0 Å². The van der Waals surface area contributed by atoms with Gasteiger partial charge in [-0.25, -0.2) is 4.98 Å². The molecule has 1 heterocycles. The Morgan fingerprint density at radius 1 is 1.50 bits per heavy atom. The maximum atomic E-state index is 5.48. The van der Waals surface area contributed by atoms with Gasteiger partial charge < -0.3 is 4.74 Å². The van der Waals surface area contributed by atoms with Gasteiger partial charge in [-0.2, -0.15) is 0 Å². The SMILES string of the molecule is CCCC(C)Oc1cnccn1. The molecule has 3 heteroatoms. The van der Waals surface area contributed by atoms with E-state index in [1.807, 2.05) is 6.92 Å². The van der Waals surface area contributed by atoms with Gasteiger partial charge in [-0.3, -0.25) is 4.98 Å². The Bertz CT molecular complexity index is 213. The number of ether oxygens (including phenoxy) is 1. The van der Waals surface area contributed by atoms with Crippen LogP contribution in [0, 0.1) is 0 Å². The van der Waals surface area contributed by atoms with Gasteiger partial charge in [0.2, 0.25) is 5.88 Å². The first kappa shape index (κ1) is 8.97. The molecule has 0 aliphatic carbocycles. The van der Waals surface area contributed by atoms with Gasteiger partial charge in [0.25, 0.3) is 0 Å². The quantitative estimate of drug-likeness (QED) is 0.686. The van der Waals surface area contributed by atoms with Gasteiger partial charge in [0.1, 0.15) is 0 Å². The van der Waals surface area contributed by atoms with Gasteiger partial charge in [-0.1, -0.05) is 13.3 Å². The van der Waals surface area contributed by atoms with E-state index in [1.54, 1.807) is 18.6 Å². The minimum absolute atomic E-state index is 0.228. The van der Waals surface area contributed by atoms with Crippen molar-refractivity contribution in [2.24, 2.45) is 0 Å². The van der Waals surface area contributed by atoms with Crippen LogP contribution in [0.25, 0.3) is 0 Å². The molecular formula is C9H14N2O. The summed E-state index contributed by atoms with van der Waals surface area (Å²) in [6.07, 6.45) is 7.31. The summed E-state index contributed by atoms with van der Waals surface area (Å²) < 4.78 is 5.48. The average Bonchev–Trinajstić information content (AvgIpc) is 2.06. The third kappa shape index (κ3) is 2.86. The van der Waals surface area contributed by atoms with Crippen molar-refractivity contribution in [3.05, 3.63) is 18.6 Å². The lowest BCUT2D eigenvalue weighted by Gasteiger charge is -2.11. The van der Waals surface area contributed by atoms with Crippen LogP contribution >= 0.6 is 0 Å². The van der Waals surface area contributed by atoms with E-state index in [0.717, 1.165) is 12.8 Å². The van der Waals surface area contributed by atoms with Crippen LogP contribution in [0.5, 0.6) is 5.88 Å². The largest absolute Gasteiger partial charge is 0.474 e. The highest BCUT2D eigenvalue weighted by Gasteiger charge is 2.02. The van der Waals surface area contributed by atoms with E-state index in [-0.39, 0.29) is 6.10 Å². The third-order valence-corrected chi connectivity index (χ3v) is 1.56. The first-order valence-corrected chi connectivity index (χ1v) is 4.25. The molecule has 3 nitrogen and oxygen atoms in total. The molecule has 0 amide bonds. The fourth-order valence-electron chi connectivity index (χ4n) is 1.02. The highest BCUT2D eigenvalue weighted by Crippen LogP contribution is 2.07. The number of rotatable bonds is 4. The van der Waals surface area contributed by atoms with E-state index in [4.69, 9.17) is 4.74 Å². The van der Waals surface area contributed by atoms with Crippen LogP contribution in [0.15, 0.2) is 18.6 Å². The standard InChI is InChI=1S/C9H14N2O/c1-3-4-8(2)12-9-7-10-5-6-11-9/h5-8H,3-4H2,1-2H3. The Hall–Kier alpha value is -1.12. The van der Waals surface area contributed by atoms with E-state index >= 15 is 0 Å². The van der Waals surface area contributed by atoms with Gasteiger partial charge in [-0.05, 0) is 13.3 Å². The smallest absolute Gasteiger partial charge is 0.232 e. The third-order valence-electron chi connectivity index (χ3n) is 1.56. The highest BCUT2D eigenvalue weighted by atomic mass is 16.5. The maximum absolute atomic E-state index is 5.48. The predicted octanol–water partition coefficient (Wildman–Crippen LogP) is 2.04. The highest BCUT2D eigenvalue weighted by molar-refractivity contribution is 5.01. The van der Waals surface area contributed by atoms with Crippen LogP contribution in [0.4, 0.5) is 0 Å². The second kappa shape index (κ2) is 4.70. The fourth-order valence-corrected chi connectivity index (χ4v) is 1.02. The summed E-state index contributed by atoms with van der Waals surface area (Å²) in [6, 6.07) is 0. The molecule has 0 spiro atoms. The summed E-state index contributed by atoms with van der Waals surface area (Å²) in [5.41, 5.74) is 0. The number of aromatic nitrogens is 2. The summed E-state index contributed by atoms with van der Waals surface area (Å²) in [6.45, 7) is 4.18. The zero-order chi connectivity index (χ0) is 8.81. The molecule has 0 radical (unpaired) electrons. The normalized spacial score (nSPS) is 12.5. The number of nitrogens with zero attached hydrogens (tertiary/aromatic N) is 2. The Kier molecular flexibility index (Phi) is 3.51. The minimum Gasteiger partial charge on any atom is -0.474 e. The van der Waals surface area contributed by atoms with Crippen molar-refractivity contribution in [1.29, 1.82) is 0 Å². The molecule has 1 atom stereocenters. The summed E-state index contributed by atoms with van der Waals surface area (Å²) in [5.74, 6) is 0.610. The Labute approximate surface area is 72.8 Å².